The Morgan fingerprint density at radius 3 is 2.59 bits per heavy atom. The van der Waals surface area contributed by atoms with Gasteiger partial charge in [0.05, 0.1) is 21.4 Å². The first-order valence-corrected chi connectivity index (χ1v) is 10.8. The van der Waals surface area contributed by atoms with E-state index in [2.05, 4.69) is 11.1 Å². The van der Waals surface area contributed by atoms with E-state index in [1.54, 1.807) is 30.3 Å². The van der Waals surface area contributed by atoms with Crippen LogP contribution in [0.4, 0.5) is 0 Å². The van der Waals surface area contributed by atoms with Gasteiger partial charge in [-0.25, -0.2) is 9.78 Å². The van der Waals surface area contributed by atoms with E-state index in [-0.39, 0.29) is 0 Å². The average Bonchev–Trinajstić information content (AvgIpc) is 3.26. The van der Waals surface area contributed by atoms with Crippen LogP contribution in [-0.2, 0) is 0 Å². The molecule has 0 unspecified atom stereocenters. The Bertz CT molecular complexity index is 1500. The Morgan fingerprint density at radius 2 is 1.72 bits per heavy atom. The predicted octanol–water partition coefficient (Wildman–Crippen LogP) is 6.73. The molecule has 0 radical (unpaired) electrons. The van der Waals surface area contributed by atoms with Gasteiger partial charge in [0.25, 0.3) is 0 Å². The van der Waals surface area contributed by atoms with E-state index < -0.39 is 5.97 Å². The summed E-state index contributed by atoms with van der Waals surface area (Å²) in [5, 5.41) is 12.2. The molecular formula is C27H16N2O2S. The minimum Gasteiger partial charge on any atom is -0.423 e. The largest absolute Gasteiger partial charge is 0.423 e. The Morgan fingerprint density at radius 1 is 0.938 bits per heavy atom. The first kappa shape index (κ1) is 19.7. The van der Waals surface area contributed by atoms with Gasteiger partial charge in [-0.2, -0.15) is 5.26 Å². The van der Waals surface area contributed by atoms with Gasteiger partial charge < -0.3 is 4.74 Å². The first-order valence-electron chi connectivity index (χ1n) is 9.99. The van der Waals surface area contributed by atoms with Crippen LogP contribution in [-0.4, -0.2) is 11.0 Å². The van der Waals surface area contributed by atoms with E-state index in [4.69, 9.17) is 4.74 Å². The second-order valence-corrected chi connectivity index (χ2v) is 8.18. The molecule has 0 aliphatic carbocycles. The Labute approximate surface area is 188 Å². The van der Waals surface area contributed by atoms with Crippen LogP contribution in [0.15, 0.2) is 91.0 Å². The minimum atomic E-state index is -0.422. The molecule has 0 aliphatic heterocycles. The maximum Gasteiger partial charge on any atom is 0.344 e. The fourth-order valence-corrected chi connectivity index (χ4v) is 4.46. The van der Waals surface area contributed by atoms with E-state index >= 15 is 0 Å². The van der Waals surface area contributed by atoms with Gasteiger partial charge in [0.1, 0.15) is 16.8 Å². The van der Waals surface area contributed by atoms with Crippen LogP contribution >= 0.6 is 11.3 Å². The maximum absolute atomic E-state index is 12.8. The number of aromatic nitrogens is 1. The highest BCUT2D eigenvalue weighted by Gasteiger charge is 2.13. The summed E-state index contributed by atoms with van der Waals surface area (Å²) in [6, 6.07) is 30.4. The van der Waals surface area contributed by atoms with Crippen LogP contribution in [0.25, 0.3) is 32.6 Å². The minimum absolute atomic E-state index is 0.415. The number of para-hydroxylation sites is 1. The quantitative estimate of drug-likeness (QED) is 0.179. The molecule has 1 aromatic heterocycles. The summed E-state index contributed by atoms with van der Waals surface area (Å²) in [5.74, 6) is -0.00659. The highest BCUT2D eigenvalue weighted by atomic mass is 32.1. The van der Waals surface area contributed by atoms with Crippen molar-refractivity contribution in [2.75, 3.05) is 0 Å². The highest BCUT2D eigenvalue weighted by molar-refractivity contribution is 7.19. The average molecular weight is 433 g/mol. The molecule has 0 saturated heterocycles. The molecule has 0 saturated carbocycles. The number of esters is 1. The van der Waals surface area contributed by atoms with Gasteiger partial charge in [0.15, 0.2) is 0 Å². The van der Waals surface area contributed by atoms with E-state index in [9.17, 15) is 10.1 Å². The molecule has 0 N–H and O–H groups in total. The molecule has 0 amide bonds. The predicted molar refractivity (Wildman–Crippen MR) is 128 cm³/mol. The first-order chi connectivity index (χ1) is 15.7. The number of carbonyl (C=O) groups excluding carboxylic acids is 1. The molecule has 152 valence electrons. The van der Waals surface area contributed by atoms with Crippen molar-refractivity contribution in [1.29, 1.82) is 5.26 Å². The van der Waals surface area contributed by atoms with E-state index in [1.165, 1.54) is 11.3 Å². The lowest BCUT2D eigenvalue weighted by Crippen LogP contribution is -2.09. The third-order valence-electron chi connectivity index (χ3n) is 5.03. The van der Waals surface area contributed by atoms with Crippen molar-refractivity contribution < 1.29 is 9.53 Å². The fourth-order valence-electron chi connectivity index (χ4n) is 3.53. The zero-order valence-corrected chi connectivity index (χ0v) is 17.7. The number of fused-ring (bicyclic) bond motifs is 2. The van der Waals surface area contributed by atoms with Crippen LogP contribution in [0.2, 0.25) is 0 Å². The Balaban J connectivity index is 1.44. The summed E-state index contributed by atoms with van der Waals surface area (Å²) in [7, 11) is 0. The van der Waals surface area contributed by atoms with Crippen molar-refractivity contribution in [2.45, 2.75) is 0 Å². The summed E-state index contributed by atoms with van der Waals surface area (Å²) in [5.41, 5.74) is 2.59. The molecule has 0 fully saturated rings. The number of thiazole rings is 1. The summed E-state index contributed by atoms with van der Waals surface area (Å²) in [4.78, 5) is 17.4. The van der Waals surface area contributed by atoms with Gasteiger partial charge in [-0.1, -0.05) is 60.7 Å². The monoisotopic (exact) mass is 432 g/mol. The molecule has 0 aliphatic rings. The smallest absolute Gasteiger partial charge is 0.344 e. The van der Waals surface area contributed by atoms with Crippen molar-refractivity contribution in [1.82, 2.24) is 4.98 Å². The van der Waals surface area contributed by atoms with Crippen LogP contribution < -0.4 is 4.74 Å². The number of hydrogen-bond donors (Lipinski definition) is 0. The number of rotatable bonds is 4. The molecule has 1 heterocycles. The molecule has 4 aromatic carbocycles. The molecule has 5 rings (SSSR count). The van der Waals surface area contributed by atoms with Crippen molar-refractivity contribution in [3.8, 4) is 11.8 Å². The normalized spacial score (nSPS) is 11.4. The Kier molecular flexibility index (Phi) is 5.20. The van der Waals surface area contributed by atoms with E-state index in [1.807, 2.05) is 66.7 Å². The fraction of sp³-hybridized carbons (Fsp3) is 0. The zero-order chi connectivity index (χ0) is 21.9. The second-order valence-electron chi connectivity index (χ2n) is 7.15. The molecule has 5 aromatic rings. The summed E-state index contributed by atoms with van der Waals surface area (Å²) in [6.45, 7) is 0. The maximum atomic E-state index is 12.8. The van der Waals surface area contributed by atoms with Crippen molar-refractivity contribution in [2.24, 2.45) is 0 Å². The number of hydrogen-bond acceptors (Lipinski definition) is 5. The number of benzene rings is 4. The molecular weight excluding hydrogens is 416 g/mol. The topological polar surface area (TPSA) is 63.0 Å². The molecule has 0 bridgehead atoms. The number of ether oxygens (including phenoxy) is 1. The van der Waals surface area contributed by atoms with Gasteiger partial charge >= 0.3 is 5.97 Å². The van der Waals surface area contributed by atoms with Crippen molar-refractivity contribution in [3.05, 3.63) is 107 Å². The summed E-state index contributed by atoms with van der Waals surface area (Å²) in [6.07, 6.45) is 1.76. The van der Waals surface area contributed by atoms with E-state index in [0.717, 1.165) is 26.6 Å². The van der Waals surface area contributed by atoms with Gasteiger partial charge in [0, 0.05) is 0 Å². The lowest BCUT2D eigenvalue weighted by molar-refractivity contribution is 0.0737. The van der Waals surface area contributed by atoms with Crippen LogP contribution in [0.5, 0.6) is 5.75 Å². The Hall–Kier alpha value is -4.27. The van der Waals surface area contributed by atoms with Crippen molar-refractivity contribution >= 4 is 49.9 Å². The zero-order valence-electron chi connectivity index (χ0n) is 16.9. The van der Waals surface area contributed by atoms with Crippen LogP contribution in [0.1, 0.15) is 20.9 Å². The SMILES string of the molecule is N#C/C(=C\c1cccc(OC(=O)c2cccc3ccccc23)c1)c1nc2ccccc2s1. The second kappa shape index (κ2) is 8.46. The van der Waals surface area contributed by atoms with Crippen LogP contribution in [0.3, 0.4) is 0 Å². The van der Waals surface area contributed by atoms with Gasteiger partial charge in [-0.15, -0.1) is 11.3 Å². The van der Waals surface area contributed by atoms with E-state index in [0.29, 0.717) is 21.9 Å². The highest BCUT2D eigenvalue weighted by Crippen LogP contribution is 2.29. The number of allylic oxidation sites excluding steroid dienone is 1. The summed E-state index contributed by atoms with van der Waals surface area (Å²) < 4.78 is 6.68. The number of nitrogens with zero attached hydrogens (tertiary/aromatic N) is 2. The molecule has 0 spiro atoms. The van der Waals surface area contributed by atoms with Gasteiger partial charge in [0.2, 0.25) is 0 Å². The molecule has 0 atom stereocenters. The molecule has 32 heavy (non-hydrogen) atoms. The standard InChI is InChI=1S/C27H16N2O2S/c28-17-20(26-29-24-13-3-4-14-25(24)32-26)15-18-7-5-10-21(16-18)31-27(30)23-12-6-9-19-8-1-2-11-22(19)23/h1-16H/b20-15+. The number of nitriles is 1. The van der Waals surface area contributed by atoms with Crippen molar-refractivity contribution in [3.63, 3.8) is 0 Å². The summed E-state index contributed by atoms with van der Waals surface area (Å²) >= 11 is 1.48. The lowest BCUT2D eigenvalue weighted by Gasteiger charge is -2.08. The third kappa shape index (κ3) is 3.87. The number of carbonyl (C=O) groups is 1. The molecule has 5 heteroatoms. The van der Waals surface area contributed by atoms with Crippen LogP contribution in [0, 0.1) is 11.3 Å². The van der Waals surface area contributed by atoms with Gasteiger partial charge in [-0.05, 0) is 52.7 Å². The van der Waals surface area contributed by atoms with Gasteiger partial charge in [-0.3, -0.25) is 0 Å². The molecule has 4 nitrogen and oxygen atoms in total. The third-order valence-corrected chi connectivity index (χ3v) is 6.10. The lowest BCUT2D eigenvalue weighted by atomic mass is 10.0.